The highest BCUT2D eigenvalue weighted by Crippen LogP contribution is 2.42. The standard InChI is InChI=1S/C22H18N2O6/c1-13-6-4-9-16-19(13)21(26)23(20(16)25)17-10-2-3-11-18(17)30-22(27)14-7-5-8-15(12-14)24(28)29/h2-8,10-13,16,19H,9H2,1H3/t13-,16-,19-/m1/s1. The molecule has 152 valence electrons. The molecule has 0 unspecified atom stereocenters. The largest absolute Gasteiger partial charge is 0.421 e. The topological polar surface area (TPSA) is 107 Å². The Balaban J connectivity index is 1.65. The molecular weight excluding hydrogens is 388 g/mol. The van der Waals surface area contributed by atoms with E-state index in [-0.39, 0.29) is 40.4 Å². The van der Waals surface area contributed by atoms with Crippen molar-refractivity contribution in [2.45, 2.75) is 13.3 Å². The maximum atomic E-state index is 13.0. The first kappa shape index (κ1) is 19.5. The number of para-hydroxylation sites is 2. The number of hydrogen-bond donors (Lipinski definition) is 0. The molecule has 1 aliphatic carbocycles. The summed E-state index contributed by atoms with van der Waals surface area (Å²) in [7, 11) is 0. The molecule has 0 spiro atoms. The highest BCUT2D eigenvalue weighted by atomic mass is 16.6. The number of ether oxygens (including phenoxy) is 1. The third kappa shape index (κ3) is 3.26. The number of carbonyl (C=O) groups is 3. The van der Waals surface area contributed by atoms with Gasteiger partial charge in [-0.1, -0.05) is 37.3 Å². The highest BCUT2D eigenvalue weighted by molar-refractivity contribution is 6.23. The first-order chi connectivity index (χ1) is 14.4. The van der Waals surface area contributed by atoms with E-state index in [2.05, 4.69) is 0 Å². The Morgan fingerprint density at radius 3 is 2.63 bits per heavy atom. The molecule has 2 aromatic rings. The second-order valence-corrected chi connectivity index (χ2v) is 7.33. The minimum absolute atomic E-state index is 0.00966. The molecule has 0 bridgehead atoms. The third-order valence-corrected chi connectivity index (χ3v) is 5.47. The Labute approximate surface area is 171 Å². The Hall–Kier alpha value is -3.81. The van der Waals surface area contributed by atoms with Crippen molar-refractivity contribution in [2.75, 3.05) is 4.90 Å². The Kier molecular flexibility index (Phi) is 4.91. The summed E-state index contributed by atoms with van der Waals surface area (Å²) in [5.41, 5.74) is -0.0642. The van der Waals surface area contributed by atoms with Crippen LogP contribution in [0.2, 0.25) is 0 Å². The van der Waals surface area contributed by atoms with Crippen LogP contribution in [-0.2, 0) is 9.59 Å². The van der Waals surface area contributed by atoms with E-state index in [4.69, 9.17) is 4.74 Å². The van der Waals surface area contributed by atoms with Crippen molar-refractivity contribution in [1.29, 1.82) is 0 Å². The Bertz CT molecular complexity index is 1090. The lowest BCUT2D eigenvalue weighted by Crippen LogP contribution is -2.32. The number of rotatable bonds is 4. The van der Waals surface area contributed by atoms with Crippen LogP contribution >= 0.6 is 0 Å². The van der Waals surface area contributed by atoms with Crippen LogP contribution in [0.5, 0.6) is 5.75 Å². The lowest BCUT2D eigenvalue weighted by Gasteiger charge is -2.22. The maximum Gasteiger partial charge on any atom is 0.343 e. The Morgan fingerprint density at radius 2 is 1.90 bits per heavy atom. The number of carbonyl (C=O) groups excluding carboxylic acids is 3. The van der Waals surface area contributed by atoms with E-state index in [0.717, 1.165) is 11.0 Å². The molecule has 1 fully saturated rings. The van der Waals surface area contributed by atoms with Gasteiger partial charge in [-0.05, 0) is 30.5 Å². The molecule has 1 saturated heterocycles. The third-order valence-electron chi connectivity index (χ3n) is 5.47. The minimum Gasteiger partial charge on any atom is -0.421 e. The number of allylic oxidation sites excluding steroid dienone is 2. The molecule has 0 N–H and O–H groups in total. The average Bonchev–Trinajstić information content (AvgIpc) is 3.00. The van der Waals surface area contributed by atoms with Crippen molar-refractivity contribution in [2.24, 2.45) is 17.8 Å². The van der Waals surface area contributed by atoms with Gasteiger partial charge in [-0.25, -0.2) is 9.69 Å². The van der Waals surface area contributed by atoms with Crippen LogP contribution < -0.4 is 9.64 Å². The SMILES string of the molecule is C[C@@H]1C=CC[C@H]2C(=O)N(c3ccccc3OC(=O)c3cccc([N+](=O)[O-])c3)C(=O)[C@H]12. The fraction of sp³-hybridized carbons (Fsp3) is 0.227. The van der Waals surface area contributed by atoms with Crippen LogP contribution in [0.25, 0.3) is 0 Å². The summed E-state index contributed by atoms with van der Waals surface area (Å²) in [4.78, 5) is 50.0. The van der Waals surface area contributed by atoms with E-state index in [1.165, 1.54) is 24.3 Å². The van der Waals surface area contributed by atoms with Crippen molar-refractivity contribution in [3.63, 3.8) is 0 Å². The predicted molar refractivity (Wildman–Crippen MR) is 107 cm³/mol. The van der Waals surface area contributed by atoms with Crippen molar-refractivity contribution in [3.05, 3.63) is 76.4 Å². The van der Waals surface area contributed by atoms with E-state index in [0.29, 0.717) is 6.42 Å². The molecule has 4 rings (SSSR count). The Morgan fingerprint density at radius 1 is 1.13 bits per heavy atom. The summed E-state index contributed by atoms with van der Waals surface area (Å²) in [6, 6.07) is 11.4. The molecule has 3 atom stereocenters. The quantitative estimate of drug-likeness (QED) is 0.192. The van der Waals surface area contributed by atoms with Crippen LogP contribution in [-0.4, -0.2) is 22.7 Å². The number of anilines is 1. The molecule has 0 radical (unpaired) electrons. The number of amides is 2. The van der Waals surface area contributed by atoms with Crippen molar-refractivity contribution >= 4 is 29.2 Å². The minimum atomic E-state index is -0.822. The molecule has 8 nitrogen and oxygen atoms in total. The number of imide groups is 1. The number of esters is 1. The number of nitro benzene ring substituents is 1. The second kappa shape index (κ2) is 7.55. The monoisotopic (exact) mass is 406 g/mol. The first-order valence-electron chi connectivity index (χ1n) is 9.48. The smallest absolute Gasteiger partial charge is 0.343 e. The highest BCUT2D eigenvalue weighted by Gasteiger charge is 2.51. The molecular formula is C22H18N2O6. The lowest BCUT2D eigenvalue weighted by atomic mass is 9.78. The zero-order chi connectivity index (χ0) is 21.4. The van der Waals surface area contributed by atoms with Crippen molar-refractivity contribution in [1.82, 2.24) is 0 Å². The van der Waals surface area contributed by atoms with Crippen molar-refractivity contribution in [3.8, 4) is 5.75 Å². The van der Waals surface area contributed by atoms with Crippen LogP contribution in [0.15, 0.2) is 60.7 Å². The van der Waals surface area contributed by atoms with Gasteiger partial charge in [0, 0.05) is 12.1 Å². The zero-order valence-corrected chi connectivity index (χ0v) is 16.1. The number of nitrogens with zero attached hydrogens (tertiary/aromatic N) is 2. The molecule has 8 heteroatoms. The normalized spacial score (nSPS) is 22.7. The van der Waals surface area contributed by atoms with Gasteiger partial charge in [0.1, 0.15) is 0 Å². The number of nitro groups is 1. The number of non-ortho nitro benzene ring substituents is 1. The van der Waals surface area contributed by atoms with E-state index in [9.17, 15) is 24.5 Å². The summed E-state index contributed by atoms with van der Waals surface area (Å²) >= 11 is 0. The molecule has 1 aliphatic heterocycles. The van der Waals surface area contributed by atoms with Gasteiger partial charge in [0.25, 0.3) is 5.69 Å². The van der Waals surface area contributed by atoms with Gasteiger partial charge in [0.15, 0.2) is 5.75 Å². The number of fused-ring (bicyclic) bond motifs is 1. The maximum absolute atomic E-state index is 13.0. The molecule has 0 aromatic heterocycles. The molecule has 2 amide bonds. The summed E-state index contributed by atoms with van der Waals surface area (Å²) in [5.74, 6) is -2.36. The van der Waals surface area contributed by atoms with Gasteiger partial charge in [-0.15, -0.1) is 0 Å². The fourth-order valence-electron chi connectivity index (χ4n) is 4.02. The molecule has 1 heterocycles. The van der Waals surface area contributed by atoms with Crippen molar-refractivity contribution < 1.29 is 24.0 Å². The number of hydrogen-bond acceptors (Lipinski definition) is 6. The lowest BCUT2D eigenvalue weighted by molar-refractivity contribution is -0.384. The van der Waals surface area contributed by atoms with E-state index in [1.807, 2.05) is 19.1 Å². The zero-order valence-electron chi connectivity index (χ0n) is 16.1. The fourth-order valence-corrected chi connectivity index (χ4v) is 4.02. The summed E-state index contributed by atoms with van der Waals surface area (Å²) < 4.78 is 5.43. The van der Waals surface area contributed by atoms with Gasteiger partial charge in [-0.2, -0.15) is 0 Å². The van der Waals surface area contributed by atoms with Gasteiger partial charge >= 0.3 is 5.97 Å². The van der Waals surface area contributed by atoms with Gasteiger partial charge < -0.3 is 4.74 Å². The van der Waals surface area contributed by atoms with Gasteiger partial charge in [0.2, 0.25) is 11.8 Å². The predicted octanol–water partition coefficient (Wildman–Crippen LogP) is 3.52. The van der Waals surface area contributed by atoms with E-state index in [1.54, 1.807) is 18.2 Å². The molecule has 2 aliphatic rings. The van der Waals surface area contributed by atoms with Crippen LogP contribution in [0.1, 0.15) is 23.7 Å². The van der Waals surface area contributed by atoms with Gasteiger partial charge in [0.05, 0.1) is 28.0 Å². The summed E-state index contributed by atoms with van der Waals surface area (Å²) in [6.45, 7) is 1.90. The number of benzene rings is 2. The summed E-state index contributed by atoms with van der Waals surface area (Å²) in [6.07, 6.45) is 4.34. The van der Waals surface area contributed by atoms with E-state index >= 15 is 0 Å². The van der Waals surface area contributed by atoms with Crippen LogP contribution in [0.4, 0.5) is 11.4 Å². The molecule has 30 heavy (non-hydrogen) atoms. The van der Waals surface area contributed by atoms with Crippen LogP contribution in [0, 0.1) is 27.9 Å². The molecule has 0 saturated carbocycles. The molecule has 2 aromatic carbocycles. The second-order valence-electron chi connectivity index (χ2n) is 7.33. The average molecular weight is 406 g/mol. The van der Waals surface area contributed by atoms with E-state index < -0.39 is 22.7 Å². The van der Waals surface area contributed by atoms with Crippen LogP contribution in [0.3, 0.4) is 0 Å². The van der Waals surface area contributed by atoms with Gasteiger partial charge in [-0.3, -0.25) is 19.7 Å². The summed E-state index contributed by atoms with van der Waals surface area (Å²) in [5, 5.41) is 11.0. The first-order valence-corrected chi connectivity index (χ1v) is 9.48.